The second kappa shape index (κ2) is 50.3. The highest BCUT2D eigenvalue weighted by atomic mass is 16.5. The molecule has 3 rings (SSSR count). The van der Waals surface area contributed by atoms with E-state index in [1.165, 1.54) is 105 Å². The van der Waals surface area contributed by atoms with Crippen molar-refractivity contribution in [3.63, 3.8) is 0 Å². The maximum atomic E-state index is 13.0. The zero-order chi connectivity index (χ0) is 83.3. The number of carbonyl (C=O) groups excluding carboxylic acids is 13. The fraction of sp³-hybridized carbons (Fsp3) is 0.539. The van der Waals surface area contributed by atoms with Crippen LogP contribution >= 0.6 is 0 Å². The summed E-state index contributed by atoms with van der Waals surface area (Å²) in [6, 6.07) is 4.81. The molecule has 3 heterocycles. The smallest absolute Gasteiger partial charge is 0.330 e. The van der Waals surface area contributed by atoms with Crippen molar-refractivity contribution in [3.8, 4) is 0 Å². The Labute approximate surface area is 640 Å². The molecule has 0 aliphatic heterocycles. The highest BCUT2D eigenvalue weighted by Gasteiger charge is 2.29. The average Bonchev–Trinajstić information content (AvgIpc) is 0.850. The first kappa shape index (κ1) is 96.7. The number of allylic oxidation sites excluding steroid dienone is 3. The molecule has 0 radical (unpaired) electrons. The van der Waals surface area contributed by atoms with E-state index < -0.39 is 125 Å². The number of aliphatic carboxylic acids is 1. The number of carbonyl (C=O) groups is 14. The summed E-state index contributed by atoms with van der Waals surface area (Å²) in [7, 11) is 1.23. The predicted octanol–water partition coefficient (Wildman–Crippen LogP) is 4.62. The van der Waals surface area contributed by atoms with E-state index in [0.29, 0.717) is 25.9 Å². The Hall–Kier alpha value is -11.4. The van der Waals surface area contributed by atoms with Crippen LogP contribution in [0.3, 0.4) is 0 Å². The molecule has 0 spiro atoms. The summed E-state index contributed by atoms with van der Waals surface area (Å²) in [4.78, 5) is 207. The molecule has 0 aliphatic carbocycles. The minimum absolute atomic E-state index is 0.00703. The summed E-state index contributed by atoms with van der Waals surface area (Å²) in [6.45, 7) is 26.5. The van der Waals surface area contributed by atoms with Crippen molar-refractivity contribution in [1.29, 1.82) is 0 Å². The van der Waals surface area contributed by atoms with Crippen LogP contribution in [-0.2, 0) is 106 Å². The Kier molecular flexibility index (Phi) is 44.2. The standard InChI is InChI=1S/2C26H38N4O8.C24H36N4O6/c1-7-38-22(33)13-9-8-11-18(27-17(2)31)23(34)29-19-12-10-14-30(24(19)35)16-21(32)28-20(25(36)37-6)15-26(3,4)5;1-5-38-23(35)11-7-6-9-18(28-20(31)12-13-22(33)34)24(36)29-19-10-8-16-30(25(19)37)17-21(32)27-15-14-26(2,3)4;1-6-34-21(31)12-8-7-10-18(26-17(2)29)22(32)27-19-11-9-15-28(23(19)33)16-20(30)25-14-13-24(3,4)5/h9-10,12-14,18,20H,7-8,11,15-16H2,1-6H3,(H,27,31)(H,28,32)(H,29,34);7-8,10-11,16,18H,5-6,9,12-15,17H2,1-4H3,(H,27,32)(H,28,31)(H,29,36)(H,33,34);8-9,11-12,15,18H,6-7,10,13-14,16H2,1-5H3,(H,25,30)(H,26,29)(H,27,32)/b13-9+;11-7+;12-8+/t18-,20-;2*18-/m000/s1. The normalized spacial score (nSPS) is 12.3. The Morgan fingerprint density at radius 1 is 0.445 bits per heavy atom. The van der Waals surface area contributed by atoms with Crippen LogP contribution in [-0.4, -0.2) is 166 Å². The van der Waals surface area contributed by atoms with Crippen molar-refractivity contribution < 1.29 is 91.2 Å². The molecule has 0 fully saturated rings. The topological polar surface area (TPSA) is 470 Å². The highest BCUT2D eigenvalue weighted by Crippen LogP contribution is 2.22. The van der Waals surface area contributed by atoms with Crippen LogP contribution < -0.4 is 64.5 Å². The Morgan fingerprint density at radius 3 is 1.05 bits per heavy atom. The third kappa shape index (κ3) is 43.5. The number of anilines is 3. The van der Waals surface area contributed by atoms with Gasteiger partial charge in [0.1, 0.15) is 60.9 Å². The van der Waals surface area contributed by atoms with Crippen molar-refractivity contribution in [3.05, 3.63) is 123 Å². The van der Waals surface area contributed by atoms with Gasteiger partial charge in [0, 0.05) is 70.2 Å². The van der Waals surface area contributed by atoms with Gasteiger partial charge >= 0.3 is 29.8 Å². The number of nitrogens with zero attached hydrogens (tertiary/aromatic N) is 3. The highest BCUT2D eigenvalue weighted by molar-refractivity contribution is 5.99. The second-order valence-electron chi connectivity index (χ2n) is 28.5. The van der Waals surface area contributed by atoms with Gasteiger partial charge in [0.25, 0.3) is 16.7 Å². The Morgan fingerprint density at radius 2 is 0.764 bits per heavy atom. The number of amides is 9. The molecular weight excluding hydrogens is 1430 g/mol. The minimum atomic E-state index is -1.16. The van der Waals surface area contributed by atoms with Crippen LogP contribution in [0.4, 0.5) is 17.1 Å². The van der Waals surface area contributed by atoms with Gasteiger partial charge in [-0.15, -0.1) is 0 Å². The van der Waals surface area contributed by atoms with E-state index in [-0.39, 0.29) is 117 Å². The molecule has 3 aromatic heterocycles. The fourth-order valence-corrected chi connectivity index (χ4v) is 9.53. The van der Waals surface area contributed by atoms with Crippen molar-refractivity contribution in [2.45, 2.75) is 211 Å². The van der Waals surface area contributed by atoms with E-state index in [1.54, 1.807) is 32.9 Å². The summed E-state index contributed by atoms with van der Waals surface area (Å²) in [6.07, 6.45) is 14.9. The lowest BCUT2D eigenvalue weighted by Crippen LogP contribution is -2.46. The predicted molar refractivity (Wildman–Crippen MR) is 409 cm³/mol. The van der Waals surface area contributed by atoms with Crippen LogP contribution in [0.2, 0.25) is 0 Å². The van der Waals surface area contributed by atoms with Crippen LogP contribution in [0.1, 0.15) is 168 Å². The lowest BCUT2D eigenvalue weighted by Gasteiger charge is -2.25. The molecule has 3 aromatic rings. The molecule has 0 aliphatic rings. The summed E-state index contributed by atoms with van der Waals surface area (Å²) >= 11 is 0. The van der Waals surface area contributed by atoms with E-state index in [9.17, 15) is 81.5 Å². The third-order valence-corrected chi connectivity index (χ3v) is 14.9. The summed E-state index contributed by atoms with van der Waals surface area (Å²) in [5.41, 5.74) is -2.13. The maximum absolute atomic E-state index is 13.0. The number of carboxylic acid groups (broad SMARTS) is 1. The summed E-state index contributed by atoms with van der Waals surface area (Å²) < 4.78 is 22.6. The zero-order valence-electron chi connectivity index (χ0n) is 65.8. The largest absolute Gasteiger partial charge is 0.481 e. The molecule has 9 amide bonds. The van der Waals surface area contributed by atoms with E-state index in [2.05, 4.69) is 68.6 Å². The molecule has 4 atom stereocenters. The summed E-state index contributed by atoms with van der Waals surface area (Å²) in [5, 5.41) is 32.0. The number of carboxylic acids is 1. The van der Waals surface area contributed by atoms with Gasteiger partial charge in [-0.3, -0.25) is 62.3 Å². The minimum Gasteiger partial charge on any atom is -0.481 e. The van der Waals surface area contributed by atoms with Crippen molar-refractivity contribution in [1.82, 2.24) is 45.6 Å². The van der Waals surface area contributed by atoms with Gasteiger partial charge in [-0.05, 0) is 131 Å². The number of hydrogen-bond donors (Lipinski definition) is 10. The molecule has 10 N–H and O–H groups in total. The molecule has 34 heteroatoms. The Balaban J connectivity index is 0.000000827. The van der Waals surface area contributed by atoms with E-state index in [0.717, 1.165) is 22.0 Å². The fourth-order valence-electron chi connectivity index (χ4n) is 9.53. The lowest BCUT2D eigenvalue weighted by atomic mass is 9.88. The molecule has 0 saturated heterocycles. The molecule has 110 heavy (non-hydrogen) atoms. The van der Waals surface area contributed by atoms with Gasteiger partial charge in [-0.1, -0.05) is 80.5 Å². The van der Waals surface area contributed by atoms with E-state index >= 15 is 0 Å². The van der Waals surface area contributed by atoms with Gasteiger partial charge in [0.2, 0.25) is 53.2 Å². The number of methoxy groups -OCH3 is 1. The van der Waals surface area contributed by atoms with Gasteiger partial charge in [0.15, 0.2) is 0 Å². The average molecular weight is 1550 g/mol. The van der Waals surface area contributed by atoms with Crippen molar-refractivity contribution in [2.75, 3.05) is 56.0 Å². The summed E-state index contributed by atoms with van der Waals surface area (Å²) in [5.74, 6) is -7.99. The van der Waals surface area contributed by atoms with Gasteiger partial charge < -0.3 is 85.6 Å². The van der Waals surface area contributed by atoms with Crippen molar-refractivity contribution in [2.24, 2.45) is 16.2 Å². The molecule has 0 bridgehead atoms. The van der Waals surface area contributed by atoms with Gasteiger partial charge in [-0.25, -0.2) is 19.2 Å². The monoisotopic (exact) mass is 1540 g/mol. The van der Waals surface area contributed by atoms with Crippen LogP contribution in [0.15, 0.2) is 106 Å². The number of esters is 4. The van der Waals surface area contributed by atoms with Gasteiger partial charge in [0.05, 0.1) is 33.4 Å². The number of nitrogens with one attached hydrogen (secondary N) is 9. The molecule has 34 nitrogen and oxygen atoms in total. The molecule has 0 saturated carbocycles. The SMILES string of the molecule is CCOC(=O)/C=C/CC[C@H](NC(=O)CCC(=O)O)C(=O)Nc1cccn(CC(=O)NCCC(C)(C)C)c1=O.CCOC(=O)/C=C/CC[C@H](NC(C)=O)C(=O)Nc1cccn(CC(=O)NCCC(C)(C)C)c1=O.CCOC(=O)/C=C/CC[C@H](NC(C)=O)C(=O)Nc1cccn(CC(=O)N[C@@H](CC(C)(C)C)C(=O)OC)c1=O. The zero-order valence-corrected chi connectivity index (χ0v) is 65.8. The maximum Gasteiger partial charge on any atom is 0.330 e. The molecular formula is C76H112N12O22. The number of rotatable bonds is 40. The van der Waals surface area contributed by atoms with E-state index in [1.807, 2.05) is 41.5 Å². The number of hydrogen-bond acceptors (Lipinski definition) is 21. The number of ether oxygens (including phenoxy) is 4. The molecule has 0 unspecified atom stereocenters. The third-order valence-electron chi connectivity index (χ3n) is 14.9. The number of pyridine rings is 3. The first-order valence-electron chi connectivity index (χ1n) is 36.0. The second-order valence-corrected chi connectivity index (χ2v) is 28.5. The van der Waals surface area contributed by atoms with Gasteiger partial charge in [-0.2, -0.15) is 0 Å². The first-order valence-corrected chi connectivity index (χ1v) is 36.0. The molecule has 0 aromatic carbocycles. The number of aromatic nitrogens is 3. The van der Waals surface area contributed by atoms with Crippen molar-refractivity contribution >= 4 is 100 Å². The van der Waals surface area contributed by atoms with Crippen LogP contribution in [0, 0.1) is 16.2 Å². The van der Waals surface area contributed by atoms with Crippen LogP contribution in [0.25, 0.3) is 0 Å². The Bertz CT molecular complexity index is 3890. The lowest BCUT2D eigenvalue weighted by molar-refractivity contribution is -0.146. The first-order chi connectivity index (χ1) is 51.5. The van der Waals surface area contributed by atoms with E-state index in [4.69, 9.17) is 24.1 Å². The van der Waals surface area contributed by atoms with Crippen LogP contribution in [0.5, 0.6) is 0 Å². The quantitative estimate of drug-likeness (QED) is 0.0211. The molecule has 608 valence electrons.